The van der Waals surface area contributed by atoms with Crippen molar-refractivity contribution in [1.29, 1.82) is 5.26 Å². The maximum atomic E-state index is 12.5. The lowest BCUT2D eigenvalue weighted by Gasteiger charge is -2.33. The lowest BCUT2D eigenvalue weighted by molar-refractivity contribution is -0.0501. The molecule has 1 N–H and O–H groups in total. The van der Waals surface area contributed by atoms with Crippen molar-refractivity contribution in [2.75, 3.05) is 13.1 Å². The lowest BCUT2D eigenvalue weighted by Crippen LogP contribution is -2.47. The van der Waals surface area contributed by atoms with Crippen LogP contribution in [0.2, 0.25) is 0 Å². The van der Waals surface area contributed by atoms with Crippen molar-refractivity contribution >= 4 is 12.0 Å². The van der Waals surface area contributed by atoms with Crippen LogP contribution in [0.25, 0.3) is 0 Å². The fourth-order valence-corrected chi connectivity index (χ4v) is 2.63. The Bertz CT molecular complexity index is 766. The summed E-state index contributed by atoms with van der Waals surface area (Å²) in [5, 5.41) is 11.7. The fourth-order valence-electron chi connectivity index (χ4n) is 2.63. The predicted molar refractivity (Wildman–Crippen MR) is 93.9 cm³/mol. The molecule has 152 valence electrons. The molecule has 0 atom stereocenters. The molecule has 28 heavy (non-hydrogen) atoms. The summed E-state index contributed by atoms with van der Waals surface area (Å²) in [5.41, 5.74) is -0.909. The van der Waals surface area contributed by atoms with Crippen LogP contribution in [0.15, 0.2) is 12.3 Å². The number of aromatic nitrogens is 1. The number of carbonyl (C=O) groups is 2. The maximum Gasteiger partial charge on any atom is 0.410 e. The monoisotopic (exact) mass is 396 g/mol. The highest BCUT2D eigenvalue weighted by atomic mass is 19.3. The van der Waals surface area contributed by atoms with Gasteiger partial charge in [-0.2, -0.15) is 14.0 Å². The predicted octanol–water partition coefficient (Wildman–Crippen LogP) is 2.68. The van der Waals surface area contributed by atoms with E-state index in [-0.39, 0.29) is 17.3 Å². The van der Waals surface area contributed by atoms with Gasteiger partial charge in [-0.25, -0.2) is 9.78 Å². The van der Waals surface area contributed by atoms with Crippen molar-refractivity contribution < 1.29 is 27.8 Å². The zero-order valence-electron chi connectivity index (χ0n) is 15.9. The molecule has 1 saturated heterocycles. The molecule has 0 bridgehead atoms. The summed E-state index contributed by atoms with van der Waals surface area (Å²) < 4.78 is 34.5. The highest BCUT2D eigenvalue weighted by Crippen LogP contribution is 2.21. The minimum absolute atomic E-state index is 0.135. The number of hydrogen-bond acceptors (Lipinski definition) is 6. The number of nitrogens with zero attached hydrogens (tertiary/aromatic N) is 3. The second kappa shape index (κ2) is 8.82. The van der Waals surface area contributed by atoms with Crippen LogP contribution >= 0.6 is 0 Å². The number of halogens is 2. The average Bonchev–Trinajstić information content (AvgIpc) is 2.60. The summed E-state index contributed by atoms with van der Waals surface area (Å²) in [7, 11) is 0. The van der Waals surface area contributed by atoms with Crippen LogP contribution in [0.5, 0.6) is 5.75 Å². The Balaban J connectivity index is 1.94. The molecule has 0 aromatic carbocycles. The van der Waals surface area contributed by atoms with Crippen molar-refractivity contribution in [3.05, 3.63) is 23.5 Å². The zero-order valence-corrected chi connectivity index (χ0v) is 15.9. The van der Waals surface area contributed by atoms with Gasteiger partial charge in [0.05, 0.1) is 0 Å². The number of piperidine rings is 1. The molecule has 2 rings (SSSR count). The van der Waals surface area contributed by atoms with Gasteiger partial charge in [-0.3, -0.25) is 4.79 Å². The highest BCUT2D eigenvalue weighted by molar-refractivity contribution is 5.93. The van der Waals surface area contributed by atoms with Crippen LogP contribution in [0.4, 0.5) is 13.6 Å². The van der Waals surface area contributed by atoms with Gasteiger partial charge in [-0.05, 0) is 33.6 Å². The smallest absolute Gasteiger partial charge is 0.410 e. The van der Waals surface area contributed by atoms with E-state index in [1.54, 1.807) is 31.7 Å². The van der Waals surface area contributed by atoms with Crippen molar-refractivity contribution in [3.8, 4) is 11.8 Å². The molecule has 8 nitrogen and oxygen atoms in total. The van der Waals surface area contributed by atoms with E-state index in [9.17, 15) is 18.4 Å². The topological polar surface area (TPSA) is 105 Å². The second-order valence-corrected chi connectivity index (χ2v) is 7.27. The number of amides is 2. The molecule has 0 unspecified atom stereocenters. The van der Waals surface area contributed by atoms with Crippen molar-refractivity contribution in [1.82, 2.24) is 15.2 Å². The summed E-state index contributed by atoms with van der Waals surface area (Å²) in [6.45, 7) is 3.07. The van der Waals surface area contributed by atoms with Gasteiger partial charge < -0.3 is 19.7 Å². The average molecular weight is 396 g/mol. The third-order valence-electron chi connectivity index (χ3n) is 3.92. The zero-order chi connectivity index (χ0) is 20.9. The van der Waals surface area contributed by atoms with Crippen LogP contribution in [0.1, 0.15) is 49.7 Å². The number of nitrogens with one attached hydrogen (secondary N) is 1. The van der Waals surface area contributed by atoms with E-state index >= 15 is 0 Å². The van der Waals surface area contributed by atoms with E-state index in [0.29, 0.717) is 25.9 Å². The van der Waals surface area contributed by atoms with Gasteiger partial charge in [0, 0.05) is 31.4 Å². The van der Waals surface area contributed by atoms with Gasteiger partial charge in [0.15, 0.2) is 0 Å². The number of pyridine rings is 1. The summed E-state index contributed by atoms with van der Waals surface area (Å²) >= 11 is 0. The first-order chi connectivity index (χ1) is 13.1. The molecule has 1 fully saturated rings. The minimum Gasteiger partial charge on any atom is -0.444 e. The Morgan fingerprint density at radius 1 is 1.36 bits per heavy atom. The summed E-state index contributed by atoms with van der Waals surface area (Å²) in [5.74, 6) is -0.975. The van der Waals surface area contributed by atoms with Crippen molar-refractivity contribution in [2.24, 2.45) is 0 Å². The maximum absolute atomic E-state index is 12.5. The third kappa shape index (κ3) is 6.04. The molecule has 1 aliphatic rings. The van der Waals surface area contributed by atoms with E-state index in [0.717, 1.165) is 12.3 Å². The number of hydrogen-bond donors (Lipinski definition) is 1. The van der Waals surface area contributed by atoms with Crippen LogP contribution in [0.3, 0.4) is 0 Å². The van der Waals surface area contributed by atoms with Gasteiger partial charge in [0.2, 0.25) is 0 Å². The molecule has 0 radical (unpaired) electrons. The van der Waals surface area contributed by atoms with Gasteiger partial charge in [0.1, 0.15) is 28.7 Å². The number of alkyl halides is 2. The van der Waals surface area contributed by atoms with Crippen LogP contribution in [-0.2, 0) is 4.74 Å². The molecule has 2 amide bonds. The third-order valence-corrected chi connectivity index (χ3v) is 3.92. The molecule has 1 aliphatic heterocycles. The largest absolute Gasteiger partial charge is 0.444 e. The molecular weight excluding hydrogens is 374 g/mol. The Labute approximate surface area is 161 Å². The molecule has 0 aliphatic carbocycles. The molecule has 1 aromatic heterocycles. The molecule has 10 heteroatoms. The van der Waals surface area contributed by atoms with E-state index in [2.05, 4.69) is 15.0 Å². The second-order valence-electron chi connectivity index (χ2n) is 7.27. The number of rotatable bonds is 4. The Morgan fingerprint density at radius 2 is 2.00 bits per heavy atom. The van der Waals surface area contributed by atoms with E-state index in [1.165, 1.54) is 0 Å². The fraction of sp³-hybridized carbons (Fsp3) is 0.556. The first-order valence-electron chi connectivity index (χ1n) is 8.73. The van der Waals surface area contributed by atoms with Gasteiger partial charge >= 0.3 is 12.7 Å². The summed E-state index contributed by atoms with van der Waals surface area (Å²) in [6, 6.07) is 2.48. The number of likely N-dealkylation sites (tertiary alicyclic amines) is 1. The number of ether oxygens (including phenoxy) is 2. The Kier molecular flexibility index (Phi) is 6.72. The lowest BCUT2D eigenvalue weighted by atomic mass is 10.1. The minimum atomic E-state index is -3.12. The SMILES string of the molecule is CC(C)(C)OC(=O)N1CCC(NC(=O)c2cc(OC(F)F)c(C#N)cn2)CC1. The van der Waals surface area contributed by atoms with E-state index in [4.69, 9.17) is 10.00 Å². The van der Waals surface area contributed by atoms with E-state index < -0.39 is 30.0 Å². The Hall–Kier alpha value is -2.96. The van der Waals surface area contributed by atoms with Crippen LogP contribution in [0, 0.1) is 11.3 Å². The van der Waals surface area contributed by atoms with Gasteiger partial charge in [-0.1, -0.05) is 0 Å². The van der Waals surface area contributed by atoms with E-state index in [1.807, 2.05) is 0 Å². The van der Waals surface area contributed by atoms with Gasteiger partial charge in [0.25, 0.3) is 5.91 Å². The van der Waals surface area contributed by atoms with Crippen molar-refractivity contribution in [2.45, 2.75) is 51.9 Å². The normalized spacial score (nSPS) is 15.1. The number of nitriles is 1. The molecule has 2 heterocycles. The van der Waals surface area contributed by atoms with Crippen molar-refractivity contribution in [3.63, 3.8) is 0 Å². The first-order valence-corrected chi connectivity index (χ1v) is 8.73. The molecule has 0 saturated carbocycles. The van der Waals surface area contributed by atoms with Crippen LogP contribution < -0.4 is 10.1 Å². The highest BCUT2D eigenvalue weighted by Gasteiger charge is 2.28. The van der Waals surface area contributed by atoms with Gasteiger partial charge in [-0.15, -0.1) is 0 Å². The summed E-state index contributed by atoms with van der Waals surface area (Å²) in [6.07, 6.45) is 1.64. The quantitative estimate of drug-likeness (QED) is 0.839. The summed E-state index contributed by atoms with van der Waals surface area (Å²) in [4.78, 5) is 29.8. The molecular formula is C18H22F2N4O4. The molecule has 0 spiro atoms. The first kappa shape index (κ1) is 21.3. The molecule has 1 aromatic rings. The Morgan fingerprint density at radius 3 is 2.54 bits per heavy atom. The standard InChI is InChI=1S/C18H22F2N4O4/c1-18(2,3)28-17(26)24-6-4-12(5-7-24)23-15(25)13-8-14(27-16(19)20)11(9-21)10-22-13/h8,10,12,16H,4-7H2,1-3H3,(H,23,25). The number of carbonyl (C=O) groups excluding carboxylic acids is 2. The van der Waals surface area contributed by atoms with Crippen LogP contribution in [-0.4, -0.2) is 53.2 Å².